The van der Waals surface area contributed by atoms with Gasteiger partial charge in [0.2, 0.25) is 5.71 Å². The van der Waals surface area contributed by atoms with E-state index in [1.807, 2.05) is 0 Å². The first-order valence-corrected chi connectivity index (χ1v) is 6.82. The van der Waals surface area contributed by atoms with Crippen molar-refractivity contribution >= 4 is 23.0 Å². The molecule has 0 aromatic carbocycles. The third-order valence-electron chi connectivity index (χ3n) is 3.43. The van der Waals surface area contributed by atoms with Crippen molar-refractivity contribution in [2.24, 2.45) is 7.05 Å². The number of carbonyl (C=O) groups excluding carboxylic acids is 1. The number of carboxylic acid groups (broad SMARTS) is 1. The van der Waals surface area contributed by atoms with Crippen LogP contribution < -0.4 is 5.56 Å². The topological polar surface area (TPSA) is 106 Å². The van der Waals surface area contributed by atoms with E-state index in [-0.39, 0.29) is 35.2 Å². The average molecular weight is 307 g/mol. The molecule has 2 rings (SSSR count). The van der Waals surface area contributed by atoms with Crippen molar-refractivity contribution in [3.8, 4) is 0 Å². The van der Waals surface area contributed by atoms with E-state index in [9.17, 15) is 14.4 Å². The highest BCUT2D eigenvalue weighted by Crippen LogP contribution is 2.22. The van der Waals surface area contributed by atoms with Gasteiger partial charge < -0.3 is 19.0 Å². The second-order valence-electron chi connectivity index (χ2n) is 4.90. The molecule has 2 heterocycles. The number of carboxylic acids is 1. The van der Waals surface area contributed by atoms with Gasteiger partial charge in [0.15, 0.2) is 0 Å². The Morgan fingerprint density at radius 2 is 2.14 bits per heavy atom. The Morgan fingerprint density at radius 1 is 1.45 bits per heavy atom. The zero-order valence-electron chi connectivity index (χ0n) is 12.6. The number of furan rings is 1. The fourth-order valence-corrected chi connectivity index (χ4v) is 2.24. The lowest BCUT2D eigenvalue weighted by molar-refractivity contribution is -0.137. The summed E-state index contributed by atoms with van der Waals surface area (Å²) in [6.07, 6.45) is 1.16. The smallest absolute Gasteiger partial charge is 0.305 e. The summed E-state index contributed by atoms with van der Waals surface area (Å²) in [5.74, 6) is -1.12. The van der Waals surface area contributed by atoms with Crippen molar-refractivity contribution in [2.45, 2.75) is 20.3 Å². The van der Waals surface area contributed by atoms with Crippen LogP contribution in [0.15, 0.2) is 15.5 Å². The van der Waals surface area contributed by atoms with Gasteiger partial charge in [0, 0.05) is 20.1 Å². The third kappa shape index (κ3) is 2.72. The first-order valence-electron chi connectivity index (χ1n) is 6.82. The Morgan fingerprint density at radius 3 is 2.73 bits per heavy atom. The van der Waals surface area contributed by atoms with Crippen LogP contribution in [0.5, 0.6) is 0 Å². The zero-order valence-corrected chi connectivity index (χ0v) is 12.6. The molecule has 0 bridgehead atoms. The Hall–Kier alpha value is -2.64. The molecule has 8 heteroatoms. The molecule has 0 saturated heterocycles. The quantitative estimate of drug-likeness (QED) is 0.874. The molecule has 118 valence electrons. The molecule has 8 nitrogen and oxygen atoms in total. The summed E-state index contributed by atoms with van der Waals surface area (Å²) >= 11 is 0. The number of hydrogen-bond acceptors (Lipinski definition) is 5. The molecule has 0 atom stereocenters. The number of aryl methyl sites for hydroxylation is 2. The summed E-state index contributed by atoms with van der Waals surface area (Å²) in [6, 6.07) is 0. The minimum Gasteiger partial charge on any atom is -0.481 e. The summed E-state index contributed by atoms with van der Waals surface area (Å²) < 4.78 is 6.65. The molecule has 2 aromatic rings. The van der Waals surface area contributed by atoms with Crippen molar-refractivity contribution in [3.63, 3.8) is 0 Å². The summed E-state index contributed by atoms with van der Waals surface area (Å²) in [5, 5.41) is 8.88. The van der Waals surface area contributed by atoms with Crippen LogP contribution in [0.1, 0.15) is 29.5 Å². The van der Waals surface area contributed by atoms with E-state index in [0.29, 0.717) is 12.3 Å². The molecule has 0 radical (unpaired) electrons. The molecule has 0 fully saturated rings. The molecule has 0 aliphatic heterocycles. The maximum atomic E-state index is 12.6. The summed E-state index contributed by atoms with van der Waals surface area (Å²) in [6.45, 7) is 3.73. The van der Waals surface area contributed by atoms with Gasteiger partial charge in [-0.25, -0.2) is 4.98 Å². The van der Waals surface area contributed by atoms with E-state index in [1.54, 1.807) is 13.8 Å². The van der Waals surface area contributed by atoms with E-state index in [0.717, 1.165) is 0 Å². The molecule has 0 spiro atoms. The van der Waals surface area contributed by atoms with Gasteiger partial charge in [-0.15, -0.1) is 0 Å². The minimum atomic E-state index is -0.988. The average Bonchev–Trinajstić information content (AvgIpc) is 2.80. The lowest BCUT2D eigenvalue weighted by Crippen LogP contribution is -2.34. The van der Waals surface area contributed by atoms with Gasteiger partial charge in [-0.1, -0.05) is 0 Å². The van der Waals surface area contributed by atoms with Crippen LogP contribution in [0.3, 0.4) is 0 Å². The van der Waals surface area contributed by atoms with Gasteiger partial charge in [0.1, 0.15) is 17.5 Å². The van der Waals surface area contributed by atoms with Crippen LogP contribution in [0.2, 0.25) is 0 Å². The third-order valence-corrected chi connectivity index (χ3v) is 3.43. The van der Waals surface area contributed by atoms with Crippen LogP contribution in [0, 0.1) is 6.92 Å². The van der Waals surface area contributed by atoms with Gasteiger partial charge in [0.25, 0.3) is 11.5 Å². The molecule has 1 amide bonds. The van der Waals surface area contributed by atoms with Crippen molar-refractivity contribution in [1.82, 2.24) is 14.5 Å². The maximum absolute atomic E-state index is 12.6. The minimum absolute atomic E-state index is 0.0668. The summed E-state index contributed by atoms with van der Waals surface area (Å²) in [5.41, 5.74) is -0.117. The Labute approximate surface area is 126 Å². The lowest BCUT2D eigenvalue weighted by atomic mass is 10.1. The van der Waals surface area contributed by atoms with Crippen molar-refractivity contribution in [1.29, 1.82) is 0 Å². The zero-order chi connectivity index (χ0) is 16.4. The van der Waals surface area contributed by atoms with Crippen LogP contribution in [0.25, 0.3) is 11.1 Å². The number of carbonyl (C=O) groups is 2. The Bertz CT molecular complexity index is 790. The van der Waals surface area contributed by atoms with E-state index in [2.05, 4.69) is 4.98 Å². The van der Waals surface area contributed by atoms with Crippen LogP contribution in [0.4, 0.5) is 0 Å². The van der Waals surface area contributed by atoms with E-state index >= 15 is 0 Å². The number of rotatable bonds is 5. The van der Waals surface area contributed by atoms with Crippen LogP contribution >= 0.6 is 0 Å². The van der Waals surface area contributed by atoms with E-state index in [4.69, 9.17) is 9.52 Å². The van der Waals surface area contributed by atoms with Crippen LogP contribution in [-0.4, -0.2) is 44.5 Å². The lowest BCUT2D eigenvalue weighted by Gasteiger charge is -2.19. The molecule has 0 aliphatic rings. The van der Waals surface area contributed by atoms with Gasteiger partial charge in [-0.05, 0) is 13.8 Å². The molecular weight excluding hydrogens is 290 g/mol. The largest absolute Gasteiger partial charge is 0.481 e. The Balaban J connectivity index is 2.51. The first kappa shape index (κ1) is 15.7. The molecule has 1 N–H and O–H groups in total. The highest BCUT2D eigenvalue weighted by molar-refractivity contribution is 6.06. The standard InChI is InChI=1S/C14H17N3O5/c1-4-17(6-5-9(18)19)14(21)10-8(2)22-12-11(10)13(20)16(3)7-15-12/h7H,4-6H2,1-3H3,(H,18,19). The van der Waals surface area contributed by atoms with Crippen molar-refractivity contribution in [3.05, 3.63) is 28.0 Å². The molecule has 2 aromatic heterocycles. The summed E-state index contributed by atoms with van der Waals surface area (Å²) in [4.78, 5) is 40.9. The van der Waals surface area contributed by atoms with Crippen molar-refractivity contribution in [2.75, 3.05) is 13.1 Å². The number of nitrogens with zero attached hydrogens (tertiary/aromatic N) is 3. The molecule has 0 saturated carbocycles. The fourth-order valence-electron chi connectivity index (χ4n) is 2.24. The number of aromatic nitrogens is 2. The van der Waals surface area contributed by atoms with Crippen molar-refractivity contribution < 1.29 is 19.1 Å². The number of hydrogen-bond donors (Lipinski definition) is 1. The fraction of sp³-hybridized carbons (Fsp3) is 0.429. The van der Waals surface area contributed by atoms with Gasteiger partial charge in [-0.2, -0.15) is 0 Å². The number of aliphatic carboxylic acids is 1. The number of amides is 1. The SMILES string of the molecule is CCN(CCC(=O)O)C(=O)c1c(C)oc2ncn(C)c(=O)c12. The molecular formula is C14H17N3O5. The normalized spacial score (nSPS) is 10.9. The molecule has 0 aliphatic carbocycles. The maximum Gasteiger partial charge on any atom is 0.305 e. The Kier molecular flexibility index (Phi) is 4.30. The predicted molar refractivity (Wildman–Crippen MR) is 77.8 cm³/mol. The van der Waals surface area contributed by atoms with Gasteiger partial charge in [0.05, 0.1) is 12.0 Å². The van der Waals surface area contributed by atoms with Gasteiger partial charge >= 0.3 is 5.97 Å². The van der Waals surface area contributed by atoms with E-state index < -0.39 is 11.9 Å². The highest BCUT2D eigenvalue weighted by Gasteiger charge is 2.26. The predicted octanol–water partition coefficient (Wildman–Crippen LogP) is 0.772. The number of fused-ring (bicyclic) bond motifs is 1. The van der Waals surface area contributed by atoms with Crippen LogP contribution in [-0.2, 0) is 11.8 Å². The summed E-state index contributed by atoms with van der Waals surface area (Å²) in [7, 11) is 1.54. The van der Waals surface area contributed by atoms with E-state index in [1.165, 1.54) is 22.8 Å². The monoisotopic (exact) mass is 307 g/mol. The molecule has 0 unspecified atom stereocenters. The first-order chi connectivity index (χ1) is 10.4. The highest BCUT2D eigenvalue weighted by atomic mass is 16.4. The molecule has 22 heavy (non-hydrogen) atoms. The van der Waals surface area contributed by atoms with Gasteiger partial charge in [-0.3, -0.25) is 14.4 Å². The second-order valence-corrected chi connectivity index (χ2v) is 4.90. The second kappa shape index (κ2) is 6.00.